The number of hydrogen-bond acceptors (Lipinski definition) is 3. The minimum absolute atomic E-state index is 0.123. The van der Waals surface area contributed by atoms with Crippen molar-refractivity contribution in [1.29, 1.82) is 0 Å². The topological polar surface area (TPSA) is 43.8 Å². The highest BCUT2D eigenvalue weighted by Gasteiger charge is 2.36. The first-order valence-electron chi connectivity index (χ1n) is 7.51. The number of nitrogens with zero attached hydrogens (tertiary/aromatic N) is 2. The molecule has 3 rings (SSSR count). The van der Waals surface area contributed by atoms with E-state index >= 15 is 0 Å². The second-order valence-electron chi connectivity index (χ2n) is 6.34. The standard InChI is InChI=1S/C15H24N2O2/c1-11(18)15(19)17-6-4-16(5-7-17)10-14-9-12-2-3-13(14)8-12/h2-3,11-14,18H,4-10H2,1H3/t11-,12+,13+,14-/m1/s1. The van der Waals surface area contributed by atoms with Crippen molar-refractivity contribution in [2.24, 2.45) is 17.8 Å². The molecule has 1 aliphatic heterocycles. The quantitative estimate of drug-likeness (QED) is 0.764. The Morgan fingerprint density at radius 1 is 1.26 bits per heavy atom. The largest absolute Gasteiger partial charge is 0.384 e. The molecule has 1 amide bonds. The number of hydrogen-bond donors (Lipinski definition) is 1. The van der Waals surface area contributed by atoms with Crippen molar-refractivity contribution in [2.45, 2.75) is 25.9 Å². The number of amides is 1. The SMILES string of the molecule is C[C@@H](O)C(=O)N1CCN(C[C@H]2C[C@H]3C=C[C@H]2C3)CC1. The smallest absolute Gasteiger partial charge is 0.251 e. The number of rotatable bonds is 3. The van der Waals surface area contributed by atoms with Gasteiger partial charge in [-0.25, -0.2) is 0 Å². The Kier molecular flexibility index (Phi) is 3.63. The molecule has 0 unspecified atom stereocenters. The summed E-state index contributed by atoms with van der Waals surface area (Å²) in [7, 11) is 0. The predicted molar refractivity (Wildman–Crippen MR) is 73.5 cm³/mol. The van der Waals surface area contributed by atoms with Crippen LogP contribution >= 0.6 is 0 Å². The van der Waals surface area contributed by atoms with E-state index in [-0.39, 0.29) is 5.91 Å². The number of carbonyl (C=O) groups is 1. The second kappa shape index (κ2) is 5.25. The Hall–Kier alpha value is -0.870. The maximum absolute atomic E-state index is 11.7. The first kappa shape index (κ1) is 13.1. The fraction of sp³-hybridized carbons (Fsp3) is 0.800. The summed E-state index contributed by atoms with van der Waals surface area (Å²) in [4.78, 5) is 16.0. The molecular formula is C15H24N2O2. The minimum Gasteiger partial charge on any atom is -0.384 e. The van der Waals surface area contributed by atoms with E-state index in [1.165, 1.54) is 19.4 Å². The number of carbonyl (C=O) groups excluding carboxylic acids is 1. The average Bonchev–Trinajstić information content (AvgIpc) is 3.01. The van der Waals surface area contributed by atoms with Gasteiger partial charge >= 0.3 is 0 Å². The van der Waals surface area contributed by atoms with Gasteiger partial charge in [0.2, 0.25) is 0 Å². The fourth-order valence-electron chi connectivity index (χ4n) is 3.85. The van der Waals surface area contributed by atoms with Gasteiger partial charge < -0.3 is 10.0 Å². The van der Waals surface area contributed by atoms with Gasteiger partial charge in [-0.15, -0.1) is 0 Å². The molecule has 2 bridgehead atoms. The maximum atomic E-state index is 11.7. The molecule has 4 nitrogen and oxygen atoms in total. The Bertz CT molecular complexity index is 372. The molecule has 19 heavy (non-hydrogen) atoms. The van der Waals surface area contributed by atoms with Crippen LogP contribution in [0.4, 0.5) is 0 Å². The Balaban J connectivity index is 1.46. The van der Waals surface area contributed by atoms with Crippen molar-refractivity contribution < 1.29 is 9.90 Å². The number of allylic oxidation sites excluding steroid dienone is 2. The highest BCUT2D eigenvalue weighted by molar-refractivity contribution is 5.80. The van der Waals surface area contributed by atoms with Crippen LogP contribution in [-0.2, 0) is 4.79 Å². The van der Waals surface area contributed by atoms with E-state index < -0.39 is 6.10 Å². The van der Waals surface area contributed by atoms with Gasteiger partial charge in [0.05, 0.1) is 0 Å². The molecule has 1 saturated heterocycles. The van der Waals surface area contributed by atoms with Crippen LogP contribution in [0.2, 0.25) is 0 Å². The summed E-state index contributed by atoms with van der Waals surface area (Å²) in [6.45, 7) is 6.17. The summed E-state index contributed by atoms with van der Waals surface area (Å²) in [5.74, 6) is 2.35. The molecule has 106 valence electrons. The molecule has 1 N–H and O–H groups in total. The molecule has 4 atom stereocenters. The van der Waals surface area contributed by atoms with Crippen LogP contribution in [-0.4, -0.2) is 59.6 Å². The lowest BCUT2D eigenvalue weighted by atomic mass is 9.93. The van der Waals surface area contributed by atoms with Crippen molar-refractivity contribution in [1.82, 2.24) is 9.80 Å². The Morgan fingerprint density at radius 2 is 2.00 bits per heavy atom. The zero-order chi connectivity index (χ0) is 13.4. The summed E-state index contributed by atoms with van der Waals surface area (Å²) in [5.41, 5.74) is 0. The van der Waals surface area contributed by atoms with Crippen molar-refractivity contribution >= 4 is 5.91 Å². The van der Waals surface area contributed by atoms with Gasteiger partial charge in [-0.1, -0.05) is 12.2 Å². The van der Waals surface area contributed by atoms with E-state index in [1.54, 1.807) is 11.8 Å². The lowest BCUT2D eigenvalue weighted by Gasteiger charge is -2.37. The van der Waals surface area contributed by atoms with Gasteiger partial charge in [0, 0.05) is 32.7 Å². The molecule has 1 saturated carbocycles. The third-order valence-electron chi connectivity index (χ3n) is 4.95. The van der Waals surface area contributed by atoms with Crippen molar-refractivity contribution in [2.75, 3.05) is 32.7 Å². The summed E-state index contributed by atoms with van der Waals surface area (Å²) < 4.78 is 0. The van der Waals surface area contributed by atoms with E-state index in [0.717, 1.165) is 43.9 Å². The van der Waals surface area contributed by atoms with Crippen LogP contribution in [0, 0.1) is 17.8 Å². The molecule has 0 aromatic rings. The highest BCUT2D eigenvalue weighted by atomic mass is 16.3. The first-order chi connectivity index (χ1) is 9.13. The number of aliphatic hydroxyl groups is 1. The van der Waals surface area contributed by atoms with E-state index in [0.29, 0.717) is 0 Å². The van der Waals surface area contributed by atoms with Crippen LogP contribution < -0.4 is 0 Å². The average molecular weight is 264 g/mol. The summed E-state index contributed by atoms with van der Waals surface area (Å²) in [6, 6.07) is 0. The summed E-state index contributed by atoms with van der Waals surface area (Å²) >= 11 is 0. The number of fused-ring (bicyclic) bond motifs is 2. The van der Waals surface area contributed by atoms with Crippen molar-refractivity contribution in [3.63, 3.8) is 0 Å². The third-order valence-corrected chi connectivity index (χ3v) is 4.95. The summed E-state index contributed by atoms with van der Waals surface area (Å²) in [6.07, 6.45) is 6.66. The normalized spacial score (nSPS) is 35.9. The van der Waals surface area contributed by atoms with Gasteiger partial charge in [-0.3, -0.25) is 9.69 Å². The van der Waals surface area contributed by atoms with E-state index in [1.807, 2.05) is 0 Å². The monoisotopic (exact) mass is 264 g/mol. The van der Waals surface area contributed by atoms with E-state index in [9.17, 15) is 9.90 Å². The summed E-state index contributed by atoms with van der Waals surface area (Å²) in [5, 5.41) is 9.33. The van der Waals surface area contributed by atoms with Gasteiger partial charge in [0.15, 0.2) is 0 Å². The maximum Gasteiger partial charge on any atom is 0.251 e. The van der Waals surface area contributed by atoms with Gasteiger partial charge in [0.1, 0.15) is 6.10 Å². The number of aliphatic hydroxyl groups excluding tert-OH is 1. The number of piperazine rings is 1. The Labute approximate surface area is 115 Å². The molecule has 2 aliphatic carbocycles. The Morgan fingerprint density at radius 3 is 2.53 bits per heavy atom. The fourth-order valence-corrected chi connectivity index (χ4v) is 3.85. The lowest BCUT2D eigenvalue weighted by molar-refractivity contribution is -0.141. The molecule has 1 heterocycles. The predicted octanol–water partition coefficient (Wildman–Crippen LogP) is 0.724. The third kappa shape index (κ3) is 2.70. The van der Waals surface area contributed by atoms with Crippen LogP contribution in [0.5, 0.6) is 0 Å². The van der Waals surface area contributed by atoms with E-state index in [4.69, 9.17) is 0 Å². The molecular weight excluding hydrogens is 240 g/mol. The van der Waals surface area contributed by atoms with Crippen LogP contribution in [0.3, 0.4) is 0 Å². The van der Waals surface area contributed by atoms with Crippen molar-refractivity contribution in [3.8, 4) is 0 Å². The molecule has 0 radical (unpaired) electrons. The molecule has 3 aliphatic rings. The second-order valence-corrected chi connectivity index (χ2v) is 6.34. The zero-order valence-corrected chi connectivity index (χ0v) is 11.7. The molecule has 0 aromatic carbocycles. The molecule has 0 aromatic heterocycles. The highest BCUT2D eigenvalue weighted by Crippen LogP contribution is 2.43. The molecule has 4 heteroatoms. The first-order valence-corrected chi connectivity index (χ1v) is 7.51. The van der Waals surface area contributed by atoms with Crippen LogP contribution in [0.15, 0.2) is 12.2 Å². The van der Waals surface area contributed by atoms with Crippen LogP contribution in [0.25, 0.3) is 0 Å². The minimum atomic E-state index is -0.859. The molecule has 2 fully saturated rings. The van der Waals surface area contributed by atoms with Crippen molar-refractivity contribution in [3.05, 3.63) is 12.2 Å². The molecule has 0 spiro atoms. The zero-order valence-electron chi connectivity index (χ0n) is 11.7. The van der Waals surface area contributed by atoms with Crippen LogP contribution in [0.1, 0.15) is 19.8 Å². The van der Waals surface area contributed by atoms with Gasteiger partial charge in [0.25, 0.3) is 5.91 Å². The van der Waals surface area contributed by atoms with Gasteiger partial charge in [-0.05, 0) is 37.5 Å². The van der Waals surface area contributed by atoms with E-state index in [2.05, 4.69) is 17.1 Å². The van der Waals surface area contributed by atoms with Gasteiger partial charge in [-0.2, -0.15) is 0 Å². The lowest BCUT2D eigenvalue weighted by Crippen LogP contribution is -2.52.